The monoisotopic (exact) mass is 464 g/mol. The summed E-state index contributed by atoms with van der Waals surface area (Å²) >= 11 is 7.71. The number of alkyl halides is 3. The third-order valence-corrected chi connectivity index (χ3v) is 9.90. The van der Waals surface area contributed by atoms with E-state index in [-0.39, 0.29) is 17.3 Å². The van der Waals surface area contributed by atoms with Gasteiger partial charge in [0.15, 0.2) is 0 Å². The first-order valence-corrected chi connectivity index (χ1v) is 11.6. The minimum Gasteiger partial charge on any atom is -0.406 e. The number of hydrogen-bond donors (Lipinski definition) is 1. The maximum atomic E-state index is 13.2. The summed E-state index contributed by atoms with van der Waals surface area (Å²) < 4.78 is 53.9. The quantitative estimate of drug-likeness (QED) is 0.646. The third kappa shape index (κ3) is 4.13. The highest BCUT2D eigenvalue weighted by atomic mass is 35.5. The van der Waals surface area contributed by atoms with Gasteiger partial charge in [0.1, 0.15) is 17.1 Å². The maximum Gasteiger partial charge on any atom is 0.573 e. The molecule has 10 heteroatoms. The molecule has 1 aliphatic heterocycles. The van der Waals surface area contributed by atoms with Crippen LogP contribution in [0.4, 0.5) is 13.2 Å². The Kier molecular flexibility index (Phi) is 5.25. The molecule has 4 nitrogen and oxygen atoms in total. The number of aliphatic imine (C=N–C) groups is 1. The molecule has 0 saturated carbocycles. The van der Waals surface area contributed by atoms with Gasteiger partial charge in [0.05, 0.1) is 14.6 Å². The molecule has 0 saturated heterocycles. The molecule has 1 aromatic carbocycles. The van der Waals surface area contributed by atoms with Crippen LogP contribution in [-0.2, 0) is 15.1 Å². The lowest BCUT2D eigenvalue weighted by Crippen LogP contribution is -2.54. The molecule has 0 radical (unpaired) electrons. The second kappa shape index (κ2) is 6.92. The zero-order valence-electron chi connectivity index (χ0n) is 16.0. The van der Waals surface area contributed by atoms with Gasteiger partial charge in [0.25, 0.3) is 0 Å². The second-order valence-corrected chi connectivity index (χ2v) is 12.0. The van der Waals surface area contributed by atoms with Gasteiger partial charge in [-0.2, -0.15) is 0 Å². The first-order chi connectivity index (χ1) is 13.1. The molecule has 2 aromatic rings. The van der Waals surface area contributed by atoms with Gasteiger partial charge in [-0.25, -0.2) is 0 Å². The maximum absolute atomic E-state index is 13.2. The number of thiophene rings is 1. The van der Waals surface area contributed by atoms with Crippen LogP contribution in [-0.4, -0.2) is 32.8 Å². The zero-order chi connectivity index (χ0) is 21.8. The van der Waals surface area contributed by atoms with E-state index in [9.17, 15) is 17.4 Å². The fraction of sp³-hybridized carbons (Fsp3) is 0.368. The van der Waals surface area contributed by atoms with Gasteiger partial charge in [0, 0.05) is 10.6 Å². The van der Waals surface area contributed by atoms with E-state index in [1.807, 2.05) is 0 Å². The number of amidine groups is 1. The summed E-state index contributed by atoms with van der Waals surface area (Å²) in [6.45, 7) is 5.27. The van der Waals surface area contributed by atoms with Gasteiger partial charge >= 0.3 is 6.36 Å². The van der Waals surface area contributed by atoms with E-state index >= 15 is 0 Å². The molecule has 2 heterocycles. The van der Waals surface area contributed by atoms with Gasteiger partial charge < -0.3 is 10.5 Å². The lowest BCUT2D eigenvalue weighted by Gasteiger charge is -2.40. The molecule has 0 aliphatic carbocycles. The van der Waals surface area contributed by atoms with Crippen molar-refractivity contribution in [2.24, 2.45) is 10.7 Å². The van der Waals surface area contributed by atoms with Crippen LogP contribution in [0, 0.1) is 0 Å². The van der Waals surface area contributed by atoms with Gasteiger partial charge in [-0.3, -0.25) is 9.20 Å². The number of rotatable bonds is 3. The number of halogens is 4. The predicted molar refractivity (Wildman–Crippen MR) is 115 cm³/mol. The van der Waals surface area contributed by atoms with Crippen LogP contribution < -0.4 is 10.5 Å². The largest absolute Gasteiger partial charge is 0.573 e. The normalized spacial score (nSPS) is 26.8. The second-order valence-electron chi connectivity index (χ2n) is 7.60. The van der Waals surface area contributed by atoms with Gasteiger partial charge in [0.2, 0.25) is 0 Å². The summed E-state index contributed by atoms with van der Waals surface area (Å²) in [5.41, 5.74) is 5.68. The van der Waals surface area contributed by atoms with Crippen molar-refractivity contribution >= 4 is 44.2 Å². The fourth-order valence-corrected chi connectivity index (χ4v) is 6.72. The molecule has 1 aromatic heterocycles. The summed E-state index contributed by atoms with van der Waals surface area (Å²) in [7, 11) is -2.62. The lowest BCUT2D eigenvalue weighted by atomic mass is 10.0. The Bertz CT molecular complexity index is 1090. The third-order valence-electron chi connectivity index (χ3n) is 4.96. The summed E-state index contributed by atoms with van der Waals surface area (Å²) in [5, 5.41) is 0.376. The highest BCUT2D eigenvalue weighted by molar-refractivity contribution is 8.02. The number of ether oxygens (including phenoxy) is 1. The first kappa shape index (κ1) is 22.0. The smallest absolute Gasteiger partial charge is 0.406 e. The van der Waals surface area contributed by atoms with Crippen molar-refractivity contribution in [2.75, 3.05) is 5.75 Å². The number of hydrogen-bond acceptors (Lipinski definition) is 5. The van der Waals surface area contributed by atoms with Crippen LogP contribution in [0.5, 0.6) is 5.75 Å². The molecule has 0 bridgehead atoms. The molecular weight excluding hydrogens is 445 g/mol. The molecule has 1 aliphatic rings. The van der Waals surface area contributed by atoms with E-state index in [4.69, 9.17) is 17.3 Å². The molecule has 1 unspecified atom stereocenters. The molecule has 2 atom stereocenters. The highest BCUT2D eigenvalue weighted by Crippen LogP contribution is 2.46. The molecule has 2 N–H and O–H groups in total. The van der Waals surface area contributed by atoms with Crippen LogP contribution in [0.15, 0.2) is 35.3 Å². The Balaban J connectivity index is 2.04. The van der Waals surface area contributed by atoms with E-state index < -0.39 is 26.2 Å². The molecule has 0 spiro atoms. The van der Waals surface area contributed by atoms with Gasteiger partial charge in [-0.1, -0.05) is 23.7 Å². The standard InChI is InChI=1S/C19H20ClF3N2O2S2/c1-17(2)16(24)25-18(3,10-29(17,4)26)15-13(20)9-14(28-15)11-6-5-7-12(8-11)27-19(21,22)23/h5-9H,4,10H2,1-3H3,(H2,24,25)/t18-,29?/m0/s1. The SMILES string of the molecule is C=S1(=O)C[C@@](C)(c2sc(-c3cccc(OC(F)(F)F)c3)cc2Cl)N=C(N)C1(C)C. The number of benzene rings is 1. The Labute approximate surface area is 176 Å². The van der Waals surface area contributed by atoms with E-state index in [0.29, 0.717) is 20.3 Å². The Morgan fingerprint density at radius 2 is 1.97 bits per heavy atom. The topological polar surface area (TPSA) is 64.7 Å². The van der Waals surface area contributed by atoms with Crippen molar-refractivity contribution in [1.29, 1.82) is 0 Å². The number of nitrogens with zero attached hydrogens (tertiary/aromatic N) is 1. The van der Waals surface area contributed by atoms with Crippen LogP contribution >= 0.6 is 22.9 Å². The summed E-state index contributed by atoms with van der Waals surface area (Å²) in [4.78, 5) is 5.86. The van der Waals surface area contributed by atoms with Crippen LogP contribution in [0.2, 0.25) is 5.02 Å². The van der Waals surface area contributed by atoms with Crippen molar-refractivity contribution in [3.05, 3.63) is 40.2 Å². The van der Waals surface area contributed by atoms with Gasteiger partial charge in [-0.15, -0.1) is 24.5 Å². The fourth-order valence-electron chi connectivity index (χ4n) is 3.10. The summed E-state index contributed by atoms with van der Waals surface area (Å²) in [6.07, 6.45) is -4.78. The number of nitrogens with two attached hydrogens (primary N) is 1. The molecular formula is C19H20ClF3N2O2S2. The highest BCUT2D eigenvalue weighted by Gasteiger charge is 2.46. The van der Waals surface area contributed by atoms with Crippen molar-refractivity contribution < 1.29 is 22.1 Å². The van der Waals surface area contributed by atoms with E-state index in [1.54, 1.807) is 32.9 Å². The molecule has 0 fully saturated rings. The van der Waals surface area contributed by atoms with E-state index in [0.717, 1.165) is 0 Å². The predicted octanol–water partition coefficient (Wildman–Crippen LogP) is 5.05. The Hall–Kier alpha value is -1.71. The Morgan fingerprint density at radius 1 is 1.31 bits per heavy atom. The van der Waals surface area contributed by atoms with Gasteiger partial charge in [-0.05, 0) is 59.9 Å². The Morgan fingerprint density at radius 3 is 2.55 bits per heavy atom. The summed E-state index contributed by atoms with van der Waals surface area (Å²) in [5.74, 6) is 3.97. The average molecular weight is 465 g/mol. The van der Waals surface area contributed by atoms with Crippen molar-refractivity contribution in [2.45, 2.75) is 37.4 Å². The van der Waals surface area contributed by atoms with Crippen molar-refractivity contribution in [3.8, 4) is 16.2 Å². The van der Waals surface area contributed by atoms with Crippen LogP contribution in [0.25, 0.3) is 10.4 Å². The molecule has 29 heavy (non-hydrogen) atoms. The average Bonchev–Trinajstić information content (AvgIpc) is 2.94. The minimum atomic E-state index is -4.78. The van der Waals surface area contributed by atoms with E-state index in [1.165, 1.54) is 29.5 Å². The lowest BCUT2D eigenvalue weighted by molar-refractivity contribution is -0.274. The molecule has 3 rings (SSSR count). The van der Waals surface area contributed by atoms with Crippen LogP contribution in [0.3, 0.4) is 0 Å². The van der Waals surface area contributed by atoms with Crippen LogP contribution in [0.1, 0.15) is 25.6 Å². The molecule has 0 amide bonds. The zero-order valence-corrected chi connectivity index (χ0v) is 18.4. The van der Waals surface area contributed by atoms with Crippen molar-refractivity contribution in [1.82, 2.24) is 0 Å². The first-order valence-electron chi connectivity index (χ1n) is 8.51. The van der Waals surface area contributed by atoms with E-state index in [2.05, 4.69) is 15.6 Å². The van der Waals surface area contributed by atoms with Crippen molar-refractivity contribution in [3.63, 3.8) is 0 Å². The summed E-state index contributed by atoms with van der Waals surface area (Å²) in [6, 6.07) is 7.28. The molecule has 158 valence electrons. The minimum absolute atomic E-state index is 0.157.